The summed E-state index contributed by atoms with van der Waals surface area (Å²) in [5, 5.41) is 12.7. The minimum absolute atomic E-state index is 0.0429. The molecule has 0 aromatic heterocycles. The number of fused-ring (bicyclic) bond motifs is 3. The minimum Gasteiger partial charge on any atom is -0.487 e. The van der Waals surface area contributed by atoms with Crippen molar-refractivity contribution >= 4 is 21.6 Å². The van der Waals surface area contributed by atoms with Gasteiger partial charge in [0, 0.05) is 23.7 Å². The highest BCUT2D eigenvalue weighted by Crippen LogP contribution is 2.47. The lowest BCUT2D eigenvalue weighted by atomic mass is 9.84. The van der Waals surface area contributed by atoms with Crippen molar-refractivity contribution in [2.24, 2.45) is 5.92 Å². The summed E-state index contributed by atoms with van der Waals surface area (Å²) in [6.07, 6.45) is 3.07. The summed E-state index contributed by atoms with van der Waals surface area (Å²) >= 11 is 0. The predicted octanol–water partition coefficient (Wildman–Crippen LogP) is 0.969. The molecule has 9 heteroatoms. The summed E-state index contributed by atoms with van der Waals surface area (Å²) in [7, 11) is -3.38. The van der Waals surface area contributed by atoms with Gasteiger partial charge in [-0.15, -0.1) is 0 Å². The number of rotatable bonds is 7. The first-order valence-corrected chi connectivity index (χ1v) is 11.5. The minimum atomic E-state index is -3.38. The fourth-order valence-corrected chi connectivity index (χ4v) is 4.58. The second-order valence-corrected chi connectivity index (χ2v) is 9.73. The van der Waals surface area contributed by atoms with Gasteiger partial charge in [0.1, 0.15) is 18.0 Å². The molecule has 1 aliphatic carbocycles. The molecule has 1 aromatic rings. The van der Waals surface area contributed by atoms with Crippen LogP contribution in [0.1, 0.15) is 37.2 Å². The maximum atomic E-state index is 12.2. The summed E-state index contributed by atoms with van der Waals surface area (Å²) in [4.78, 5) is 12.2. The number of carbonyl (C=O) groups excluding carboxylic acids is 1. The molecule has 1 saturated carbocycles. The number of hydrogen-bond donors (Lipinski definition) is 3. The lowest BCUT2D eigenvalue weighted by Crippen LogP contribution is -2.47. The zero-order valence-corrected chi connectivity index (χ0v) is 16.6. The average molecular weight is 410 g/mol. The molecule has 8 nitrogen and oxygen atoms in total. The summed E-state index contributed by atoms with van der Waals surface area (Å²) in [5.74, 6) is 1.17. The Morgan fingerprint density at radius 1 is 1.32 bits per heavy atom. The van der Waals surface area contributed by atoms with Crippen LogP contribution in [0.5, 0.6) is 5.75 Å². The van der Waals surface area contributed by atoms with Crippen LogP contribution in [0.25, 0.3) is 0 Å². The molecular formula is C19H26N2O6S. The number of aliphatic hydroxyl groups is 1. The molecule has 3 N–H and O–H groups in total. The Bertz CT molecular complexity index is 854. The third-order valence-corrected chi connectivity index (χ3v) is 6.11. The maximum Gasteiger partial charge on any atom is 0.229 e. The van der Waals surface area contributed by atoms with E-state index in [1.54, 1.807) is 18.2 Å². The zero-order valence-electron chi connectivity index (χ0n) is 15.8. The smallest absolute Gasteiger partial charge is 0.229 e. The molecule has 154 valence electrons. The van der Waals surface area contributed by atoms with Gasteiger partial charge in [-0.2, -0.15) is 0 Å². The van der Waals surface area contributed by atoms with Gasteiger partial charge < -0.3 is 19.9 Å². The lowest BCUT2D eigenvalue weighted by Gasteiger charge is -2.37. The molecule has 0 bridgehead atoms. The number of benzene rings is 1. The molecule has 0 radical (unpaired) electrons. The summed E-state index contributed by atoms with van der Waals surface area (Å²) in [6.45, 7) is 0.511. The van der Waals surface area contributed by atoms with Gasteiger partial charge in [0.25, 0.3) is 0 Å². The van der Waals surface area contributed by atoms with Crippen LogP contribution in [0.15, 0.2) is 18.2 Å². The zero-order chi connectivity index (χ0) is 19.9. The molecular weight excluding hydrogens is 384 g/mol. The summed E-state index contributed by atoms with van der Waals surface area (Å²) < 4.78 is 37.5. The maximum absolute atomic E-state index is 12.2. The predicted molar refractivity (Wildman–Crippen MR) is 103 cm³/mol. The van der Waals surface area contributed by atoms with Gasteiger partial charge in [0.15, 0.2) is 0 Å². The van der Waals surface area contributed by atoms with Crippen LogP contribution in [0.2, 0.25) is 0 Å². The van der Waals surface area contributed by atoms with Gasteiger partial charge in [-0.05, 0) is 43.4 Å². The van der Waals surface area contributed by atoms with E-state index >= 15 is 0 Å². The van der Waals surface area contributed by atoms with Crippen molar-refractivity contribution in [1.29, 1.82) is 0 Å². The summed E-state index contributed by atoms with van der Waals surface area (Å²) in [6, 6.07) is 5.15. The first-order valence-electron chi connectivity index (χ1n) is 9.64. The molecule has 3 aliphatic rings. The van der Waals surface area contributed by atoms with Crippen molar-refractivity contribution in [3.63, 3.8) is 0 Å². The van der Waals surface area contributed by atoms with E-state index in [2.05, 4.69) is 10.0 Å². The summed E-state index contributed by atoms with van der Waals surface area (Å²) in [5.41, 5.74) is 1.35. The van der Waals surface area contributed by atoms with E-state index in [0.717, 1.165) is 11.8 Å². The van der Waals surface area contributed by atoms with Gasteiger partial charge in [0.2, 0.25) is 15.9 Å². The van der Waals surface area contributed by atoms with E-state index in [1.807, 2.05) is 0 Å². The van der Waals surface area contributed by atoms with Crippen LogP contribution in [0.3, 0.4) is 0 Å². The fourth-order valence-electron chi connectivity index (χ4n) is 4.03. The van der Waals surface area contributed by atoms with E-state index in [-0.39, 0.29) is 37.1 Å². The molecule has 2 fully saturated rings. The highest BCUT2D eigenvalue weighted by atomic mass is 32.2. The van der Waals surface area contributed by atoms with Gasteiger partial charge in [-0.1, -0.05) is 0 Å². The Labute approximate surface area is 164 Å². The lowest BCUT2D eigenvalue weighted by molar-refractivity contribution is -0.142. The number of nitrogens with one attached hydrogen (secondary N) is 2. The highest BCUT2D eigenvalue weighted by Gasteiger charge is 2.46. The standard InChI is InChI=1S/C19H26N2O6S/c1-28(24,25)21-12-4-5-16-14(6-12)15-7-13(26-17(10-22)19(15)27-16)8-18(23)20-9-11-2-3-11/h4-6,11,13,15,17,19,21-22H,2-3,7-10H2,1H3,(H,20,23)/t13-,15-,17+,19+/m1/s1. The second-order valence-electron chi connectivity index (χ2n) is 7.98. The number of amides is 1. The van der Waals surface area contributed by atoms with Crippen LogP contribution >= 0.6 is 0 Å². The Kier molecular flexibility index (Phi) is 5.24. The molecule has 1 aromatic carbocycles. The Balaban J connectivity index is 1.48. The van der Waals surface area contributed by atoms with E-state index in [1.165, 1.54) is 12.8 Å². The number of carbonyl (C=O) groups is 1. The van der Waals surface area contributed by atoms with Crippen molar-refractivity contribution in [3.05, 3.63) is 23.8 Å². The van der Waals surface area contributed by atoms with E-state index < -0.39 is 16.1 Å². The van der Waals surface area contributed by atoms with Crippen molar-refractivity contribution < 1.29 is 27.8 Å². The van der Waals surface area contributed by atoms with Crippen LogP contribution in [-0.4, -0.2) is 57.2 Å². The Morgan fingerprint density at radius 2 is 2.11 bits per heavy atom. The average Bonchev–Trinajstić information content (AvgIpc) is 3.39. The third kappa shape index (κ3) is 4.42. The Morgan fingerprint density at radius 3 is 2.79 bits per heavy atom. The third-order valence-electron chi connectivity index (χ3n) is 5.50. The fraction of sp³-hybridized carbons (Fsp3) is 0.632. The molecule has 4 rings (SSSR count). The van der Waals surface area contributed by atoms with Crippen molar-refractivity contribution in [3.8, 4) is 5.75 Å². The van der Waals surface area contributed by atoms with Crippen molar-refractivity contribution in [1.82, 2.24) is 5.32 Å². The second kappa shape index (κ2) is 7.53. The van der Waals surface area contributed by atoms with Gasteiger partial charge >= 0.3 is 0 Å². The molecule has 28 heavy (non-hydrogen) atoms. The van der Waals surface area contributed by atoms with Gasteiger partial charge in [-0.3, -0.25) is 9.52 Å². The molecule has 1 saturated heterocycles. The number of hydrogen-bond acceptors (Lipinski definition) is 6. The van der Waals surface area contributed by atoms with Crippen LogP contribution < -0.4 is 14.8 Å². The quantitative estimate of drug-likeness (QED) is 0.617. The Hall–Kier alpha value is -1.84. The monoisotopic (exact) mass is 410 g/mol. The van der Waals surface area contributed by atoms with Crippen molar-refractivity contribution in [2.75, 3.05) is 24.1 Å². The SMILES string of the molecule is CS(=O)(=O)Nc1ccc2c(c1)[C@H]1C[C@H](CC(=O)NCC3CC3)O[C@@H](CO)[C@H]1O2. The first-order chi connectivity index (χ1) is 13.3. The largest absolute Gasteiger partial charge is 0.487 e. The van der Waals surface area contributed by atoms with Crippen LogP contribution in [-0.2, 0) is 19.6 Å². The van der Waals surface area contributed by atoms with Crippen LogP contribution in [0.4, 0.5) is 5.69 Å². The molecule has 1 amide bonds. The molecule has 2 aliphatic heterocycles. The van der Waals surface area contributed by atoms with Gasteiger partial charge in [0.05, 0.1) is 25.4 Å². The first kappa shape index (κ1) is 19.5. The normalized spacial score (nSPS) is 28.8. The topological polar surface area (TPSA) is 114 Å². The number of sulfonamides is 1. The number of ether oxygens (including phenoxy) is 2. The van der Waals surface area contributed by atoms with E-state index in [4.69, 9.17) is 9.47 Å². The van der Waals surface area contributed by atoms with Crippen LogP contribution in [0, 0.1) is 5.92 Å². The van der Waals surface area contributed by atoms with E-state index in [0.29, 0.717) is 30.3 Å². The van der Waals surface area contributed by atoms with Gasteiger partial charge in [-0.25, -0.2) is 8.42 Å². The highest BCUT2D eigenvalue weighted by molar-refractivity contribution is 7.92. The number of anilines is 1. The van der Waals surface area contributed by atoms with Crippen molar-refractivity contribution in [2.45, 2.75) is 49.9 Å². The molecule has 0 spiro atoms. The molecule has 4 atom stereocenters. The molecule has 0 unspecified atom stereocenters. The van der Waals surface area contributed by atoms with E-state index in [9.17, 15) is 18.3 Å². The molecule has 2 heterocycles. The number of aliphatic hydroxyl groups excluding tert-OH is 1.